The summed E-state index contributed by atoms with van der Waals surface area (Å²) in [6, 6.07) is 0. The molecule has 3 heteroatoms. The number of allylic oxidation sites excluding steroid dienone is 2. The highest BCUT2D eigenvalue weighted by molar-refractivity contribution is 6.25. The zero-order valence-corrected chi connectivity index (χ0v) is 11.2. The van der Waals surface area contributed by atoms with Gasteiger partial charge < -0.3 is 4.74 Å². The van der Waals surface area contributed by atoms with E-state index in [1.807, 2.05) is 0 Å². The summed E-state index contributed by atoms with van der Waals surface area (Å²) in [6.07, 6.45) is 9.22. The molecule has 17 heavy (non-hydrogen) atoms. The molecule has 0 spiro atoms. The number of halogens is 1. The van der Waals surface area contributed by atoms with Crippen LogP contribution in [0.5, 0.6) is 0 Å². The fourth-order valence-electron chi connectivity index (χ4n) is 1.80. The summed E-state index contributed by atoms with van der Waals surface area (Å²) in [4.78, 5) is 11.1. The SMILES string of the molecule is C=C(C(=O)OC)C1CCCCC1.C=CC=CCl. The van der Waals surface area contributed by atoms with Crippen molar-refractivity contribution in [1.82, 2.24) is 0 Å². The maximum atomic E-state index is 11.1. The van der Waals surface area contributed by atoms with Gasteiger partial charge in [0.05, 0.1) is 7.11 Å². The second-order valence-electron chi connectivity index (χ2n) is 3.91. The Bertz CT molecular complexity index is 276. The monoisotopic (exact) mass is 256 g/mol. The van der Waals surface area contributed by atoms with Crippen molar-refractivity contribution >= 4 is 17.6 Å². The lowest BCUT2D eigenvalue weighted by Crippen LogP contribution is -2.16. The molecule has 1 saturated carbocycles. The van der Waals surface area contributed by atoms with Gasteiger partial charge in [0.1, 0.15) is 0 Å². The van der Waals surface area contributed by atoms with Crippen molar-refractivity contribution in [3.8, 4) is 0 Å². The van der Waals surface area contributed by atoms with Gasteiger partial charge in [-0.25, -0.2) is 4.79 Å². The molecule has 0 aliphatic heterocycles. The van der Waals surface area contributed by atoms with Crippen molar-refractivity contribution in [2.24, 2.45) is 5.92 Å². The molecule has 0 radical (unpaired) electrons. The Morgan fingerprint density at radius 2 is 1.94 bits per heavy atom. The highest BCUT2D eigenvalue weighted by Crippen LogP contribution is 2.29. The first-order chi connectivity index (χ1) is 8.17. The van der Waals surface area contributed by atoms with Gasteiger partial charge in [0.25, 0.3) is 0 Å². The summed E-state index contributed by atoms with van der Waals surface area (Å²) in [6.45, 7) is 7.15. The molecule has 0 aromatic carbocycles. The van der Waals surface area contributed by atoms with Crippen molar-refractivity contribution in [3.05, 3.63) is 36.4 Å². The molecule has 0 N–H and O–H groups in total. The fourth-order valence-corrected chi connectivity index (χ4v) is 1.90. The smallest absolute Gasteiger partial charge is 0.333 e. The molecule has 0 aromatic heterocycles. The normalized spacial score (nSPS) is 15.9. The lowest BCUT2D eigenvalue weighted by Gasteiger charge is -2.21. The van der Waals surface area contributed by atoms with Crippen molar-refractivity contribution in [3.63, 3.8) is 0 Å². The van der Waals surface area contributed by atoms with Crippen LogP contribution in [-0.2, 0) is 9.53 Å². The number of methoxy groups -OCH3 is 1. The average Bonchev–Trinajstić information content (AvgIpc) is 2.39. The number of ether oxygens (including phenoxy) is 1. The Morgan fingerprint density at radius 3 is 2.29 bits per heavy atom. The second-order valence-corrected chi connectivity index (χ2v) is 4.16. The lowest BCUT2D eigenvalue weighted by atomic mass is 9.84. The molecule has 0 aromatic rings. The summed E-state index contributed by atoms with van der Waals surface area (Å²) in [5.41, 5.74) is 2.07. The Labute approximate surface area is 109 Å². The van der Waals surface area contributed by atoms with Crippen LogP contribution in [0.1, 0.15) is 32.1 Å². The van der Waals surface area contributed by atoms with Gasteiger partial charge in [-0.3, -0.25) is 0 Å². The fraction of sp³-hybridized carbons (Fsp3) is 0.500. The number of carbonyl (C=O) groups excluding carboxylic acids is 1. The summed E-state index contributed by atoms with van der Waals surface area (Å²) in [5, 5.41) is 0. The van der Waals surface area contributed by atoms with E-state index < -0.39 is 0 Å². The maximum Gasteiger partial charge on any atom is 0.333 e. The topological polar surface area (TPSA) is 26.3 Å². The van der Waals surface area contributed by atoms with Crippen molar-refractivity contribution in [2.75, 3.05) is 7.11 Å². The van der Waals surface area contributed by atoms with Crippen LogP contribution in [0, 0.1) is 5.92 Å². The minimum Gasteiger partial charge on any atom is -0.466 e. The zero-order chi connectivity index (χ0) is 13.1. The number of hydrogen-bond donors (Lipinski definition) is 0. The Kier molecular flexibility index (Phi) is 9.55. The highest BCUT2D eigenvalue weighted by atomic mass is 35.5. The van der Waals surface area contributed by atoms with Gasteiger partial charge in [-0.1, -0.05) is 56.2 Å². The van der Waals surface area contributed by atoms with Crippen LogP contribution in [0.25, 0.3) is 0 Å². The molecular formula is C14H21ClO2. The summed E-state index contributed by atoms with van der Waals surface area (Å²) in [5.74, 6) is 0.146. The number of carbonyl (C=O) groups is 1. The third-order valence-electron chi connectivity index (χ3n) is 2.75. The van der Waals surface area contributed by atoms with E-state index in [-0.39, 0.29) is 5.97 Å². The first-order valence-corrected chi connectivity index (χ1v) is 6.25. The third-order valence-corrected chi connectivity index (χ3v) is 2.90. The molecule has 1 aliphatic carbocycles. The van der Waals surface area contributed by atoms with E-state index in [1.54, 1.807) is 12.2 Å². The van der Waals surface area contributed by atoms with E-state index in [0.29, 0.717) is 11.5 Å². The second kappa shape index (κ2) is 10.2. The van der Waals surface area contributed by atoms with Crippen LogP contribution < -0.4 is 0 Å². The molecule has 0 bridgehead atoms. The van der Waals surface area contributed by atoms with E-state index in [9.17, 15) is 4.79 Å². The Balaban J connectivity index is 0.000000437. The van der Waals surface area contributed by atoms with Gasteiger partial charge in [-0.15, -0.1) is 0 Å². The van der Waals surface area contributed by atoms with Gasteiger partial charge >= 0.3 is 5.97 Å². The van der Waals surface area contributed by atoms with Crippen LogP contribution in [0.4, 0.5) is 0 Å². The van der Waals surface area contributed by atoms with Crippen molar-refractivity contribution in [2.45, 2.75) is 32.1 Å². The molecule has 0 saturated heterocycles. The minimum absolute atomic E-state index is 0.234. The molecule has 1 aliphatic rings. The Hall–Kier alpha value is -1.02. The first-order valence-electron chi connectivity index (χ1n) is 5.82. The summed E-state index contributed by atoms with van der Waals surface area (Å²) in [7, 11) is 1.41. The predicted molar refractivity (Wildman–Crippen MR) is 72.9 cm³/mol. The molecule has 0 heterocycles. The summed E-state index contributed by atoms with van der Waals surface area (Å²) >= 11 is 5.05. The lowest BCUT2D eigenvalue weighted by molar-refractivity contribution is -0.136. The molecule has 2 nitrogen and oxygen atoms in total. The average molecular weight is 257 g/mol. The van der Waals surface area contributed by atoms with E-state index in [0.717, 1.165) is 12.8 Å². The number of esters is 1. The van der Waals surface area contributed by atoms with E-state index in [1.165, 1.54) is 31.9 Å². The number of hydrogen-bond acceptors (Lipinski definition) is 2. The Morgan fingerprint density at radius 1 is 1.35 bits per heavy atom. The molecule has 96 valence electrons. The molecule has 0 amide bonds. The van der Waals surface area contributed by atoms with Gasteiger partial charge in [-0.2, -0.15) is 0 Å². The number of rotatable bonds is 3. The van der Waals surface area contributed by atoms with Crippen molar-refractivity contribution < 1.29 is 9.53 Å². The predicted octanol–water partition coefficient (Wildman–Crippen LogP) is 4.22. The van der Waals surface area contributed by atoms with Gasteiger partial charge in [0.2, 0.25) is 0 Å². The molecular weight excluding hydrogens is 236 g/mol. The highest BCUT2D eigenvalue weighted by Gasteiger charge is 2.21. The first kappa shape index (κ1) is 16.0. The molecule has 0 atom stereocenters. The standard InChI is InChI=1S/C10H16O2.C4H5Cl/c1-8(10(11)12-2)9-6-4-3-5-7-9;1-2-3-4-5/h9H,1,3-7H2,2H3;2-4H,1H2. The van der Waals surface area contributed by atoms with E-state index in [4.69, 9.17) is 11.6 Å². The van der Waals surface area contributed by atoms with Crippen LogP contribution in [0.3, 0.4) is 0 Å². The van der Waals surface area contributed by atoms with Gasteiger partial charge in [0, 0.05) is 11.1 Å². The van der Waals surface area contributed by atoms with E-state index >= 15 is 0 Å². The zero-order valence-electron chi connectivity index (χ0n) is 10.5. The van der Waals surface area contributed by atoms with Gasteiger partial charge in [-0.05, 0) is 18.8 Å². The van der Waals surface area contributed by atoms with Crippen LogP contribution in [0.2, 0.25) is 0 Å². The van der Waals surface area contributed by atoms with Crippen molar-refractivity contribution in [1.29, 1.82) is 0 Å². The maximum absolute atomic E-state index is 11.1. The quantitative estimate of drug-likeness (QED) is 0.429. The van der Waals surface area contributed by atoms with Crippen LogP contribution >= 0.6 is 11.6 Å². The van der Waals surface area contributed by atoms with Crippen LogP contribution in [-0.4, -0.2) is 13.1 Å². The molecule has 1 fully saturated rings. The van der Waals surface area contributed by atoms with E-state index in [2.05, 4.69) is 17.9 Å². The molecule has 0 unspecified atom stereocenters. The largest absolute Gasteiger partial charge is 0.466 e. The minimum atomic E-state index is -0.234. The van der Waals surface area contributed by atoms with Gasteiger partial charge in [0.15, 0.2) is 0 Å². The molecule has 1 rings (SSSR count). The van der Waals surface area contributed by atoms with Crippen LogP contribution in [0.15, 0.2) is 36.4 Å². The third kappa shape index (κ3) is 7.01. The summed E-state index contributed by atoms with van der Waals surface area (Å²) < 4.78 is 4.63.